The number of benzene rings is 2. The molecule has 7 heteroatoms. The van der Waals surface area contributed by atoms with Gasteiger partial charge in [0.05, 0.1) is 6.20 Å². The van der Waals surface area contributed by atoms with E-state index in [1.165, 1.54) is 10.2 Å². The van der Waals surface area contributed by atoms with Crippen molar-refractivity contribution in [3.8, 4) is 11.8 Å². The minimum absolute atomic E-state index is 0.197. The monoisotopic (exact) mass is 470 g/mol. The van der Waals surface area contributed by atoms with Crippen molar-refractivity contribution in [2.45, 2.75) is 51.7 Å². The molecule has 0 spiro atoms. The highest BCUT2D eigenvalue weighted by Crippen LogP contribution is 2.27. The number of nitrogens with one attached hydrogen (secondary N) is 1. The van der Waals surface area contributed by atoms with E-state index in [1.54, 1.807) is 38.2 Å². The minimum atomic E-state index is -1.10. The highest BCUT2D eigenvalue weighted by atomic mass is 16.3. The maximum Gasteiger partial charge on any atom is 0.342 e. The lowest BCUT2D eigenvalue weighted by Gasteiger charge is -2.22. The topological polar surface area (TPSA) is 87.5 Å². The van der Waals surface area contributed by atoms with Gasteiger partial charge in [-0.25, -0.2) is 4.79 Å². The summed E-state index contributed by atoms with van der Waals surface area (Å²) in [6, 6.07) is 12.8. The second-order valence-electron chi connectivity index (χ2n) is 9.55. The van der Waals surface area contributed by atoms with E-state index in [1.807, 2.05) is 25.1 Å². The van der Waals surface area contributed by atoms with Gasteiger partial charge in [-0.1, -0.05) is 47.7 Å². The van der Waals surface area contributed by atoms with Gasteiger partial charge in [-0.15, -0.1) is 0 Å². The molecule has 3 aromatic rings. The molecule has 2 N–H and O–H groups in total. The maximum absolute atomic E-state index is 13.2. The zero-order valence-electron chi connectivity index (χ0n) is 20.5. The van der Waals surface area contributed by atoms with Crippen molar-refractivity contribution >= 4 is 17.6 Å². The number of hydrogen-bond donors (Lipinski definition) is 2. The smallest absolute Gasteiger partial charge is 0.342 e. The number of fused-ring (bicyclic) bond motifs is 1. The number of nitrogens with zero attached hydrogens (tertiary/aromatic N) is 3. The van der Waals surface area contributed by atoms with Crippen LogP contribution >= 0.6 is 0 Å². The van der Waals surface area contributed by atoms with Gasteiger partial charge in [0.15, 0.2) is 0 Å². The lowest BCUT2D eigenvalue weighted by Crippen LogP contribution is -2.48. The Bertz CT molecular complexity index is 1310. The fourth-order valence-corrected chi connectivity index (χ4v) is 4.02. The molecular formula is C28H30N4O3. The number of aliphatic hydroxyl groups is 1. The Hall–Kier alpha value is -3.89. The normalized spacial score (nSPS) is 15.6. The van der Waals surface area contributed by atoms with Crippen LogP contribution in [-0.2, 0) is 17.6 Å². The Labute approximate surface area is 205 Å². The van der Waals surface area contributed by atoms with Crippen molar-refractivity contribution in [2.24, 2.45) is 0 Å². The summed E-state index contributed by atoms with van der Waals surface area (Å²) >= 11 is 0. The fraction of sp³-hybridized carbons (Fsp3) is 0.321. The minimum Gasteiger partial charge on any atom is -0.378 e. The molecular weight excluding hydrogens is 440 g/mol. The molecule has 1 atom stereocenters. The predicted octanol–water partition coefficient (Wildman–Crippen LogP) is 3.44. The zero-order chi connectivity index (χ0) is 25.2. The van der Waals surface area contributed by atoms with Crippen molar-refractivity contribution in [1.29, 1.82) is 0 Å². The average molecular weight is 471 g/mol. The molecule has 0 aliphatic carbocycles. The first-order chi connectivity index (χ1) is 16.6. The van der Waals surface area contributed by atoms with Crippen LogP contribution in [0.5, 0.6) is 0 Å². The van der Waals surface area contributed by atoms with E-state index in [2.05, 4.69) is 46.5 Å². The molecule has 4 rings (SSSR count). The summed E-state index contributed by atoms with van der Waals surface area (Å²) < 4.78 is 1.25. The van der Waals surface area contributed by atoms with Crippen molar-refractivity contribution < 1.29 is 14.7 Å². The molecule has 1 aliphatic heterocycles. The van der Waals surface area contributed by atoms with Crippen LogP contribution in [0.3, 0.4) is 0 Å². The van der Waals surface area contributed by atoms with Crippen molar-refractivity contribution in [1.82, 2.24) is 15.1 Å². The molecule has 0 bridgehead atoms. The molecule has 0 fully saturated rings. The van der Waals surface area contributed by atoms with Gasteiger partial charge in [0.2, 0.25) is 5.91 Å². The van der Waals surface area contributed by atoms with Gasteiger partial charge in [0.1, 0.15) is 11.6 Å². The average Bonchev–Trinajstić information content (AvgIpc) is 3.25. The fourth-order valence-electron chi connectivity index (χ4n) is 4.02. The van der Waals surface area contributed by atoms with E-state index in [4.69, 9.17) is 0 Å². The first kappa shape index (κ1) is 24.2. The van der Waals surface area contributed by atoms with Crippen LogP contribution in [0.2, 0.25) is 0 Å². The number of hydrogen-bond acceptors (Lipinski definition) is 4. The Kier molecular flexibility index (Phi) is 6.77. The maximum atomic E-state index is 13.2. The van der Waals surface area contributed by atoms with Crippen LogP contribution in [-0.4, -0.2) is 45.5 Å². The number of carbonyl (C=O) groups is 2. The summed E-state index contributed by atoms with van der Waals surface area (Å²) in [7, 11) is 1.70. The molecule has 1 aromatic heterocycles. The zero-order valence-corrected chi connectivity index (χ0v) is 20.5. The lowest BCUT2D eigenvalue weighted by atomic mass is 10.0. The van der Waals surface area contributed by atoms with Gasteiger partial charge in [-0.05, 0) is 62.4 Å². The highest BCUT2D eigenvalue weighted by Gasteiger charge is 2.30. The number of carbonyl (C=O) groups excluding carboxylic acids is 2. The SMILES string of the molecule is Cc1ccc(Cc2cnn(C(=O)N[C@H]3CCc4ccc(C#CC(C)(C)O)cc4N(C)C3=O)c2)cc1. The number of aryl methyl sites for hydroxylation is 2. The molecule has 0 saturated heterocycles. The molecule has 2 aromatic carbocycles. The molecule has 2 amide bonds. The summed E-state index contributed by atoms with van der Waals surface area (Å²) in [6.45, 7) is 5.29. The van der Waals surface area contributed by atoms with E-state index in [0.717, 1.165) is 22.4 Å². The molecule has 0 saturated carbocycles. The van der Waals surface area contributed by atoms with Crippen LogP contribution < -0.4 is 10.2 Å². The van der Waals surface area contributed by atoms with E-state index < -0.39 is 17.7 Å². The third-order valence-corrected chi connectivity index (χ3v) is 5.96. The predicted molar refractivity (Wildman–Crippen MR) is 135 cm³/mol. The van der Waals surface area contributed by atoms with Crippen molar-refractivity contribution in [3.63, 3.8) is 0 Å². The molecule has 7 nitrogen and oxygen atoms in total. The number of likely N-dealkylation sites (N-methyl/N-ethyl adjacent to an activating group) is 1. The van der Waals surface area contributed by atoms with E-state index in [-0.39, 0.29) is 5.91 Å². The Morgan fingerprint density at radius 1 is 1.20 bits per heavy atom. The van der Waals surface area contributed by atoms with Crippen LogP contribution in [0.15, 0.2) is 54.9 Å². The van der Waals surface area contributed by atoms with Gasteiger partial charge in [0, 0.05) is 30.9 Å². The summed E-state index contributed by atoms with van der Waals surface area (Å²) in [5.74, 6) is 5.56. The second-order valence-corrected chi connectivity index (χ2v) is 9.55. The van der Waals surface area contributed by atoms with E-state index >= 15 is 0 Å². The Morgan fingerprint density at radius 3 is 2.66 bits per heavy atom. The van der Waals surface area contributed by atoms with Gasteiger partial charge in [0.25, 0.3) is 0 Å². The molecule has 0 radical (unpaired) electrons. The lowest BCUT2D eigenvalue weighted by molar-refractivity contribution is -0.120. The molecule has 35 heavy (non-hydrogen) atoms. The molecule has 0 unspecified atom stereocenters. The largest absolute Gasteiger partial charge is 0.378 e. The Morgan fingerprint density at radius 2 is 1.94 bits per heavy atom. The van der Waals surface area contributed by atoms with Gasteiger partial charge in [-0.2, -0.15) is 9.78 Å². The molecule has 2 heterocycles. The van der Waals surface area contributed by atoms with Crippen molar-refractivity contribution in [3.05, 3.63) is 82.7 Å². The Balaban J connectivity index is 1.45. The van der Waals surface area contributed by atoms with Crippen LogP contribution in [0.25, 0.3) is 0 Å². The molecule has 1 aliphatic rings. The van der Waals surface area contributed by atoms with E-state index in [0.29, 0.717) is 24.8 Å². The van der Waals surface area contributed by atoms with Crippen LogP contribution in [0.4, 0.5) is 10.5 Å². The number of anilines is 1. The number of amides is 2. The summed E-state index contributed by atoms with van der Waals surface area (Å²) in [5, 5.41) is 16.9. The van der Waals surface area contributed by atoms with Crippen molar-refractivity contribution in [2.75, 3.05) is 11.9 Å². The number of aromatic nitrogens is 2. The first-order valence-corrected chi connectivity index (χ1v) is 11.6. The standard InChI is InChI=1S/C28H30N4O3/c1-19-5-7-20(8-6-19)15-22-17-29-32(18-22)27(34)30-24-12-11-23-10-9-21(13-14-28(2,3)35)16-25(23)31(4)26(24)33/h5-10,16-18,24,35H,11-12,15H2,1-4H3,(H,30,34)/t24-/m0/s1. The summed E-state index contributed by atoms with van der Waals surface area (Å²) in [5.41, 5.74) is 4.63. The first-order valence-electron chi connectivity index (χ1n) is 11.6. The van der Waals surface area contributed by atoms with Gasteiger partial charge >= 0.3 is 6.03 Å². The van der Waals surface area contributed by atoms with Gasteiger partial charge < -0.3 is 15.3 Å². The third-order valence-electron chi connectivity index (χ3n) is 5.96. The third kappa shape index (κ3) is 5.97. The molecule has 180 valence electrons. The van der Waals surface area contributed by atoms with Gasteiger partial charge in [-0.3, -0.25) is 4.79 Å². The van der Waals surface area contributed by atoms with Crippen LogP contribution in [0, 0.1) is 18.8 Å². The highest BCUT2D eigenvalue weighted by molar-refractivity contribution is 6.00. The summed E-state index contributed by atoms with van der Waals surface area (Å²) in [4.78, 5) is 27.6. The van der Waals surface area contributed by atoms with E-state index in [9.17, 15) is 14.7 Å². The second kappa shape index (κ2) is 9.77. The van der Waals surface area contributed by atoms with Crippen LogP contribution in [0.1, 0.15) is 48.1 Å². The summed E-state index contributed by atoms with van der Waals surface area (Å²) in [6.07, 6.45) is 5.16. The number of rotatable bonds is 3. The quantitative estimate of drug-likeness (QED) is 0.574.